The molecule has 1 saturated heterocycles. The maximum atomic E-state index is 9.67. The van der Waals surface area contributed by atoms with Crippen molar-refractivity contribution in [1.29, 1.82) is 0 Å². The Balaban J connectivity index is 2.17. The van der Waals surface area contributed by atoms with E-state index in [0.717, 1.165) is 11.5 Å². The predicted octanol–water partition coefficient (Wildman–Crippen LogP) is -0.251. The van der Waals surface area contributed by atoms with Gasteiger partial charge >= 0.3 is 0 Å². The van der Waals surface area contributed by atoms with E-state index in [1.807, 2.05) is 0 Å². The first-order chi connectivity index (χ1) is 1.89. The third-order valence-corrected chi connectivity index (χ3v) is 1.11. The minimum Gasteiger partial charge on any atom is -0.616 e. The lowest BCUT2D eigenvalue weighted by atomic mass is 11.0. The van der Waals surface area contributed by atoms with Crippen LogP contribution in [0.25, 0.3) is 0 Å². The molecule has 1 nitrogen and oxygen atoms in total. The molecule has 0 amide bonds. The molecule has 0 aromatic rings. The molecule has 0 unspecified atom stereocenters. The lowest BCUT2D eigenvalue weighted by molar-refractivity contribution is 0.614. The Morgan fingerprint density at radius 1 is 1.50 bits per heavy atom. The minimum absolute atomic E-state index is 0.361. The Hall–Kier alpha value is 0.310. The van der Waals surface area contributed by atoms with E-state index < -0.39 is 0 Å². The summed E-state index contributed by atoms with van der Waals surface area (Å²) < 4.78 is 9.67. The quantitative estimate of drug-likeness (QED) is 0.288. The van der Waals surface area contributed by atoms with Crippen LogP contribution in [0.4, 0.5) is 0 Å². The first-order valence-electron chi connectivity index (χ1n) is 1.24. The van der Waals surface area contributed by atoms with Crippen LogP contribution in [0.1, 0.15) is 0 Å². The fourth-order valence-electron chi connectivity index (χ4n) is 0.0340. The van der Waals surface area contributed by atoms with E-state index in [9.17, 15) is 4.55 Å². The van der Waals surface area contributed by atoms with Crippen molar-refractivity contribution >= 4 is 11.2 Å². The molecule has 1 fully saturated rings. The molecule has 0 saturated carbocycles. The molecule has 0 atom stereocenters. The molecule has 2 heteroatoms. The first kappa shape index (κ1) is 2.54. The topological polar surface area (TPSA) is 23.1 Å². The molecule has 0 aliphatic carbocycles. The molecule has 0 aromatic heterocycles. The van der Waals surface area contributed by atoms with Gasteiger partial charge in [0.15, 0.2) is 0 Å². The molecule has 0 aromatic carbocycles. The van der Waals surface area contributed by atoms with Crippen molar-refractivity contribution in [3.63, 3.8) is 0 Å². The van der Waals surface area contributed by atoms with Gasteiger partial charge in [0.05, 0.1) is 0 Å². The second-order valence-corrected chi connectivity index (χ2v) is 2.54. The van der Waals surface area contributed by atoms with Crippen molar-refractivity contribution in [2.45, 2.75) is 0 Å². The fourth-order valence-corrected chi connectivity index (χ4v) is 0.306. The lowest BCUT2D eigenvalue weighted by Gasteiger charge is -1.68. The number of rotatable bonds is 0. The summed E-state index contributed by atoms with van der Waals surface area (Å²) in [7, 11) is 0. The van der Waals surface area contributed by atoms with Gasteiger partial charge in [-0.15, -0.1) is 0 Å². The van der Waals surface area contributed by atoms with Crippen molar-refractivity contribution < 1.29 is 4.55 Å². The largest absolute Gasteiger partial charge is 0.616 e. The molecule has 0 radical (unpaired) electrons. The molecular formula is C2H4OS. The summed E-state index contributed by atoms with van der Waals surface area (Å²) >= 11 is -0.361. The van der Waals surface area contributed by atoms with Gasteiger partial charge in [0.25, 0.3) is 0 Å². The van der Waals surface area contributed by atoms with Gasteiger partial charge in [0, 0.05) is 0 Å². The van der Waals surface area contributed by atoms with E-state index in [-0.39, 0.29) is 11.2 Å². The Labute approximate surface area is 28.2 Å². The normalized spacial score (nSPS) is 26.2. The Morgan fingerprint density at radius 3 is 1.75 bits per heavy atom. The SMILES string of the molecule is [O-][S+]1CC1. The molecule has 1 heterocycles. The molecule has 1 rings (SSSR count). The average Bonchev–Trinajstić information content (AvgIpc) is 1.75. The Morgan fingerprint density at radius 2 is 1.75 bits per heavy atom. The molecule has 1 aliphatic rings. The molecule has 24 valence electrons. The van der Waals surface area contributed by atoms with Crippen molar-refractivity contribution in [3.8, 4) is 0 Å². The van der Waals surface area contributed by atoms with Gasteiger partial charge in [-0.05, 0) is 11.2 Å². The zero-order valence-corrected chi connectivity index (χ0v) is 3.05. The second-order valence-electron chi connectivity index (χ2n) is 0.848. The molecule has 0 spiro atoms. The van der Waals surface area contributed by atoms with Gasteiger partial charge in [0.1, 0.15) is 11.5 Å². The summed E-state index contributed by atoms with van der Waals surface area (Å²) in [5.74, 6) is 1.92. The van der Waals surface area contributed by atoms with Crippen molar-refractivity contribution in [2.75, 3.05) is 11.5 Å². The van der Waals surface area contributed by atoms with Crippen LogP contribution in [0, 0.1) is 0 Å². The summed E-state index contributed by atoms with van der Waals surface area (Å²) in [6, 6.07) is 0. The highest BCUT2D eigenvalue weighted by atomic mass is 32.2. The van der Waals surface area contributed by atoms with Gasteiger partial charge < -0.3 is 4.55 Å². The maximum absolute atomic E-state index is 9.67. The van der Waals surface area contributed by atoms with E-state index in [4.69, 9.17) is 0 Å². The van der Waals surface area contributed by atoms with E-state index in [0.29, 0.717) is 0 Å². The van der Waals surface area contributed by atoms with Crippen LogP contribution in [0.5, 0.6) is 0 Å². The van der Waals surface area contributed by atoms with E-state index in [2.05, 4.69) is 0 Å². The van der Waals surface area contributed by atoms with E-state index >= 15 is 0 Å². The maximum Gasteiger partial charge on any atom is 0.150 e. The minimum atomic E-state index is -0.361. The third kappa shape index (κ3) is 0.362. The lowest BCUT2D eigenvalue weighted by Crippen LogP contribution is -1.61. The van der Waals surface area contributed by atoms with Gasteiger partial charge in [0.2, 0.25) is 0 Å². The zero-order valence-electron chi connectivity index (χ0n) is 2.23. The van der Waals surface area contributed by atoms with Crippen molar-refractivity contribution in [3.05, 3.63) is 0 Å². The van der Waals surface area contributed by atoms with Crippen LogP contribution in [0.3, 0.4) is 0 Å². The number of hydrogen-bond donors (Lipinski definition) is 0. The second kappa shape index (κ2) is 0.626. The summed E-state index contributed by atoms with van der Waals surface area (Å²) in [5.41, 5.74) is 0. The molecule has 0 bridgehead atoms. The first-order valence-corrected chi connectivity index (χ1v) is 2.73. The van der Waals surface area contributed by atoms with E-state index in [1.165, 1.54) is 0 Å². The van der Waals surface area contributed by atoms with Crippen LogP contribution < -0.4 is 0 Å². The summed E-state index contributed by atoms with van der Waals surface area (Å²) in [4.78, 5) is 0. The average molecular weight is 76.1 g/mol. The highest BCUT2D eigenvalue weighted by molar-refractivity contribution is 7.98. The molecule has 1 aliphatic heterocycles. The molecular weight excluding hydrogens is 72.1 g/mol. The van der Waals surface area contributed by atoms with Crippen LogP contribution in [-0.4, -0.2) is 16.1 Å². The predicted molar refractivity (Wildman–Crippen MR) is 17.9 cm³/mol. The van der Waals surface area contributed by atoms with Crippen LogP contribution in [-0.2, 0) is 11.2 Å². The van der Waals surface area contributed by atoms with Gasteiger partial charge in [-0.3, -0.25) is 0 Å². The van der Waals surface area contributed by atoms with Crippen LogP contribution in [0.15, 0.2) is 0 Å². The standard InChI is InChI=1S/C2H4OS/c3-4-1-2-4/h1-2H2. The molecule has 4 heavy (non-hydrogen) atoms. The summed E-state index contributed by atoms with van der Waals surface area (Å²) in [6.45, 7) is 0. The summed E-state index contributed by atoms with van der Waals surface area (Å²) in [5, 5.41) is 0. The van der Waals surface area contributed by atoms with Crippen LogP contribution in [0.2, 0.25) is 0 Å². The fraction of sp³-hybridized carbons (Fsp3) is 1.00. The highest BCUT2D eigenvalue weighted by Crippen LogP contribution is 2.04. The van der Waals surface area contributed by atoms with Gasteiger partial charge in [-0.25, -0.2) is 0 Å². The highest BCUT2D eigenvalue weighted by Gasteiger charge is 2.21. The third-order valence-electron chi connectivity index (χ3n) is 0.371. The molecule has 0 N–H and O–H groups in total. The summed E-state index contributed by atoms with van der Waals surface area (Å²) in [6.07, 6.45) is 0. The van der Waals surface area contributed by atoms with E-state index in [1.54, 1.807) is 0 Å². The smallest absolute Gasteiger partial charge is 0.150 e. The zero-order chi connectivity index (χ0) is 2.99. The monoisotopic (exact) mass is 76.0 g/mol. The van der Waals surface area contributed by atoms with Gasteiger partial charge in [-0.2, -0.15) is 0 Å². The Kier molecular flexibility index (Phi) is 0.398. The Bertz CT molecular complexity index is 25.2. The van der Waals surface area contributed by atoms with Gasteiger partial charge in [-0.1, -0.05) is 0 Å². The van der Waals surface area contributed by atoms with Crippen molar-refractivity contribution in [2.24, 2.45) is 0 Å². The van der Waals surface area contributed by atoms with Crippen molar-refractivity contribution in [1.82, 2.24) is 0 Å². The van der Waals surface area contributed by atoms with Crippen LogP contribution >= 0.6 is 0 Å². The number of hydrogen-bond acceptors (Lipinski definition) is 1.